The van der Waals surface area contributed by atoms with E-state index in [9.17, 15) is 8.42 Å². The van der Waals surface area contributed by atoms with Crippen LogP contribution in [0.15, 0.2) is 41.6 Å². The second-order valence-corrected chi connectivity index (χ2v) is 6.15. The minimum Gasteiger partial charge on any atom is -0.332 e. The summed E-state index contributed by atoms with van der Waals surface area (Å²) < 4.78 is 26.6. The van der Waals surface area contributed by atoms with Crippen LogP contribution in [0.5, 0.6) is 0 Å². The van der Waals surface area contributed by atoms with Gasteiger partial charge in [0.25, 0.3) is 10.0 Å². The second-order valence-electron chi connectivity index (χ2n) is 4.42. The van der Waals surface area contributed by atoms with Crippen molar-refractivity contribution in [3.63, 3.8) is 0 Å². The molecule has 0 bridgehead atoms. The molecule has 0 aliphatic carbocycles. The number of aromatic nitrogens is 2. The van der Waals surface area contributed by atoms with Crippen molar-refractivity contribution in [1.82, 2.24) is 14.7 Å². The zero-order chi connectivity index (χ0) is 14.6. The van der Waals surface area contributed by atoms with Gasteiger partial charge in [-0.2, -0.15) is 0 Å². The molecule has 108 valence electrons. The number of aryl methyl sites for hydroxylation is 1. The van der Waals surface area contributed by atoms with Crippen molar-refractivity contribution in [3.05, 3.63) is 47.9 Å². The summed E-state index contributed by atoms with van der Waals surface area (Å²) >= 11 is 0. The van der Waals surface area contributed by atoms with Gasteiger partial charge in [0.1, 0.15) is 5.82 Å². The number of rotatable bonds is 6. The molecule has 0 spiro atoms. The first-order valence-corrected chi connectivity index (χ1v) is 7.85. The van der Waals surface area contributed by atoms with E-state index in [-0.39, 0.29) is 17.6 Å². The van der Waals surface area contributed by atoms with Gasteiger partial charge in [-0.3, -0.25) is 0 Å². The zero-order valence-corrected chi connectivity index (χ0v) is 12.0. The molecule has 2 rings (SSSR count). The van der Waals surface area contributed by atoms with E-state index in [0.29, 0.717) is 12.2 Å². The third kappa shape index (κ3) is 3.44. The molecule has 0 aliphatic rings. The smallest absolute Gasteiger partial charge is 0.257 e. The zero-order valence-electron chi connectivity index (χ0n) is 11.2. The van der Waals surface area contributed by atoms with E-state index in [0.717, 1.165) is 5.56 Å². The fraction of sp³-hybridized carbons (Fsp3) is 0.308. The number of hydrogen-bond acceptors (Lipinski definition) is 4. The predicted octanol–water partition coefficient (Wildman–Crippen LogP) is 0.950. The Kier molecular flexibility index (Phi) is 4.53. The fourth-order valence-corrected chi connectivity index (χ4v) is 2.75. The standard InChI is InChI=1S/C13H18N4O2S/c1-2-12-15-9-13(17-12)20(18,19)16-8-11(14)10-6-4-3-5-7-10/h3-7,9,11,16H,2,8,14H2,1H3,(H,15,17). The van der Waals surface area contributed by atoms with E-state index in [2.05, 4.69) is 14.7 Å². The van der Waals surface area contributed by atoms with Crippen molar-refractivity contribution in [2.45, 2.75) is 24.4 Å². The van der Waals surface area contributed by atoms with E-state index < -0.39 is 10.0 Å². The van der Waals surface area contributed by atoms with Crippen LogP contribution in [-0.4, -0.2) is 24.9 Å². The van der Waals surface area contributed by atoms with Gasteiger partial charge in [0, 0.05) is 19.0 Å². The summed E-state index contributed by atoms with van der Waals surface area (Å²) in [6, 6.07) is 8.96. The lowest BCUT2D eigenvalue weighted by Crippen LogP contribution is -2.32. The van der Waals surface area contributed by atoms with Crippen molar-refractivity contribution in [1.29, 1.82) is 0 Å². The number of nitrogens with two attached hydrogens (primary N) is 1. The van der Waals surface area contributed by atoms with Crippen LogP contribution < -0.4 is 10.5 Å². The molecule has 0 saturated carbocycles. The number of aromatic amines is 1. The van der Waals surface area contributed by atoms with Crippen LogP contribution in [-0.2, 0) is 16.4 Å². The summed E-state index contributed by atoms with van der Waals surface area (Å²) in [5.41, 5.74) is 6.84. The Morgan fingerprint density at radius 2 is 2.05 bits per heavy atom. The van der Waals surface area contributed by atoms with Crippen molar-refractivity contribution in [3.8, 4) is 0 Å². The van der Waals surface area contributed by atoms with E-state index in [1.54, 1.807) is 0 Å². The Labute approximate surface area is 118 Å². The van der Waals surface area contributed by atoms with Gasteiger partial charge in [0.15, 0.2) is 5.03 Å². The average Bonchev–Trinajstić information content (AvgIpc) is 2.95. The molecule has 0 aliphatic heterocycles. The number of sulfonamides is 1. The Hall–Kier alpha value is -1.70. The van der Waals surface area contributed by atoms with Gasteiger partial charge >= 0.3 is 0 Å². The van der Waals surface area contributed by atoms with E-state index >= 15 is 0 Å². The number of nitrogens with zero attached hydrogens (tertiary/aromatic N) is 1. The summed E-state index contributed by atoms with van der Waals surface area (Å²) in [4.78, 5) is 6.74. The molecule has 1 aromatic carbocycles. The SMILES string of the molecule is CCc1ncc(S(=O)(=O)NCC(N)c2ccccc2)[nH]1. The predicted molar refractivity (Wildman–Crippen MR) is 76.5 cm³/mol. The van der Waals surface area contributed by atoms with Crippen LogP contribution in [0.4, 0.5) is 0 Å². The maximum Gasteiger partial charge on any atom is 0.257 e. The van der Waals surface area contributed by atoms with E-state index in [1.165, 1.54) is 6.20 Å². The highest BCUT2D eigenvalue weighted by atomic mass is 32.2. The first-order chi connectivity index (χ1) is 9.53. The van der Waals surface area contributed by atoms with Crippen molar-refractivity contribution < 1.29 is 8.42 Å². The van der Waals surface area contributed by atoms with Crippen molar-refractivity contribution >= 4 is 10.0 Å². The molecule has 7 heteroatoms. The van der Waals surface area contributed by atoms with Crippen molar-refractivity contribution in [2.75, 3.05) is 6.54 Å². The lowest BCUT2D eigenvalue weighted by atomic mass is 10.1. The monoisotopic (exact) mass is 294 g/mol. The van der Waals surface area contributed by atoms with E-state index in [4.69, 9.17) is 5.73 Å². The molecule has 1 atom stereocenters. The maximum atomic E-state index is 12.1. The van der Waals surface area contributed by atoms with Gasteiger partial charge in [0.2, 0.25) is 0 Å². The van der Waals surface area contributed by atoms with Crippen LogP contribution in [0, 0.1) is 0 Å². The minimum atomic E-state index is -3.60. The molecule has 6 nitrogen and oxygen atoms in total. The van der Waals surface area contributed by atoms with Gasteiger partial charge in [-0.15, -0.1) is 0 Å². The molecular formula is C13H18N4O2S. The lowest BCUT2D eigenvalue weighted by molar-refractivity contribution is 0.569. The van der Waals surface area contributed by atoms with E-state index in [1.807, 2.05) is 37.3 Å². The highest BCUT2D eigenvalue weighted by molar-refractivity contribution is 7.89. The molecule has 2 aromatic rings. The molecule has 4 N–H and O–H groups in total. The highest BCUT2D eigenvalue weighted by Gasteiger charge is 2.18. The second kappa shape index (κ2) is 6.17. The summed E-state index contributed by atoms with van der Waals surface area (Å²) in [6.07, 6.45) is 1.97. The Morgan fingerprint density at radius 1 is 1.35 bits per heavy atom. The summed E-state index contributed by atoms with van der Waals surface area (Å²) in [5, 5.41) is 0.0645. The Bertz CT molecular complexity index is 652. The first-order valence-electron chi connectivity index (χ1n) is 6.37. The summed E-state index contributed by atoms with van der Waals surface area (Å²) in [6.45, 7) is 2.03. The number of nitrogens with one attached hydrogen (secondary N) is 2. The van der Waals surface area contributed by atoms with Gasteiger partial charge in [-0.1, -0.05) is 37.3 Å². The number of hydrogen-bond donors (Lipinski definition) is 3. The normalized spacial score (nSPS) is 13.3. The van der Waals surface area contributed by atoms with Gasteiger partial charge in [0.05, 0.1) is 6.20 Å². The van der Waals surface area contributed by atoms with Crippen LogP contribution in [0.1, 0.15) is 24.4 Å². The number of H-pyrrole nitrogens is 1. The van der Waals surface area contributed by atoms with Gasteiger partial charge < -0.3 is 10.7 Å². The van der Waals surface area contributed by atoms with Crippen molar-refractivity contribution in [2.24, 2.45) is 5.73 Å². The molecule has 1 aromatic heterocycles. The largest absolute Gasteiger partial charge is 0.332 e. The molecule has 20 heavy (non-hydrogen) atoms. The lowest BCUT2D eigenvalue weighted by Gasteiger charge is -2.12. The topological polar surface area (TPSA) is 101 Å². The third-order valence-corrected chi connectivity index (χ3v) is 4.28. The van der Waals surface area contributed by atoms with Gasteiger partial charge in [-0.25, -0.2) is 18.1 Å². The van der Waals surface area contributed by atoms with Gasteiger partial charge in [-0.05, 0) is 5.56 Å². The minimum absolute atomic E-state index is 0.0645. The molecule has 1 heterocycles. The Morgan fingerprint density at radius 3 is 2.65 bits per heavy atom. The van der Waals surface area contributed by atoms with Crippen LogP contribution in [0.2, 0.25) is 0 Å². The van der Waals surface area contributed by atoms with Crippen LogP contribution in [0.3, 0.4) is 0 Å². The summed E-state index contributed by atoms with van der Waals surface area (Å²) in [7, 11) is -3.60. The third-order valence-electron chi connectivity index (χ3n) is 2.95. The molecular weight excluding hydrogens is 276 g/mol. The quantitative estimate of drug-likeness (QED) is 0.738. The first kappa shape index (κ1) is 14.7. The highest BCUT2D eigenvalue weighted by Crippen LogP contribution is 2.10. The fourth-order valence-electron chi connectivity index (χ4n) is 1.75. The number of benzene rings is 1. The summed E-state index contributed by atoms with van der Waals surface area (Å²) in [5.74, 6) is 0.637. The molecule has 1 unspecified atom stereocenters. The molecule has 0 radical (unpaired) electrons. The average molecular weight is 294 g/mol. The molecule has 0 fully saturated rings. The van der Waals surface area contributed by atoms with Crippen LogP contribution >= 0.6 is 0 Å². The Balaban J connectivity index is 2.02. The molecule has 0 saturated heterocycles. The number of imidazole rings is 1. The van der Waals surface area contributed by atoms with Crippen LogP contribution in [0.25, 0.3) is 0 Å². The maximum absolute atomic E-state index is 12.1. The molecule has 0 amide bonds.